The molecule has 0 spiro atoms. The third kappa shape index (κ3) is 5.34. The molecule has 0 N–H and O–H groups in total. The summed E-state index contributed by atoms with van der Waals surface area (Å²) in [6.07, 6.45) is 7.68. The smallest absolute Gasteiger partial charge is 0.201 e. The van der Waals surface area contributed by atoms with E-state index in [4.69, 9.17) is 0 Å². The number of benzene rings is 4. The Morgan fingerprint density at radius 3 is 2.09 bits per heavy atom. The van der Waals surface area contributed by atoms with Gasteiger partial charge in [-0.1, -0.05) is 84.9 Å². The van der Waals surface area contributed by atoms with Crippen molar-refractivity contribution in [3.8, 4) is 44.9 Å². The van der Waals surface area contributed by atoms with E-state index in [0.29, 0.717) is 0 Å². The molecular formula is C44H38N3+3. The highest BCUT2D eigenvalue weighted by Crippen LogP contribution is 2.37. The van der Waals surface area contributed by atoms with Crippen molar-refractivity contribution in [1.82, 2.24) is 0 Å². The topological polar surface area (TPSA) is 11.6 Å². The summed E-state index contributed by atoms with van der Waals surface area (Å²) in [5.41, 5.74) is 15.3. The van der Waals surface area contributed by atoms with Crippen LogP contribution in [0, 0.1) is 6.92 Å². The monoisotopic (exact) mass is 608 g/mol. The fourth-order valence-corrected chi connectivity index (χ4v) is 7.45. The molecule has 4 heterocycles. The van der Waals surface area contributed by atoms with E-state index in [1.165, 1.54) is 67.2 Å². The van der Waals surface area contributed by atoms with Crippen LogP contribution in [0.15, 0.2) is 164 Å². The summed E-state index contributed by atoms with van der Waals surface area (Å²) in [6, 6.07) is 53.0. The molecule has 226 valence electrons. The molecule has 47 heavy (non-hydrogen) atoms. The van der Waals surface area contributed by atoms with Gasteiger partial charge < -0.3 is 0 Å². The molecule has 0 aliphatic carbocycles. The molecule has 3 aromatic heterocycles. The van der Waals surface area contributed by atoms with Gasteiger partial charge in [-0.3, -0.25) is 0 Å². The van der Waals surface area contributed by atoms with Crippen molar-refractivity contribution in [1.29, 1.82) is 0 Å². The van der Waals surface area contributed by atoms with Gasteiger partial charge in [-0.25, -0.2) is 4.57 Å². The largest absolute Gasteiger partial charge is 0.216 e. The first-order valence-electron chi connectivity index (χ1n) is 16.5. The Morgan fingerprint density at radius 2 is 1.26 bits per heavy atom. The van der Waals surface area contributed by atoms with Crippen molar-refractivity contribution in [2.24, 2.45) is 7.05 Å². The second-order valence-corrected chi connectivity index (χ2v) is 12.6. The SMILES string of the molecule is Cc1cc(-c2ccccc2)c[n+](Cc2ccccc2-c2cccc[n+]2C)c1-c1ccccc1C1Cc2ccccc2-c2cccc[n+]21. The zero-order valence-electron chi connectivity index (χ0n) is 26.9. The van der Waals surface area contributed by atoms with Crippen molar-refractivity contribution >= 4 is 0 Å². The van der Waals surface area contributed by atoms with Crippen LogP contribution in [0.3, 0.4) is 0 Å². The maximum Gasteiger partial charge on any atom is 0.216 e. The van der Waals surface area contributed by atoms with Crippen LogP contribution in [0.4, 0.5) is 0 Å². The Balaban J connectivity index is 1.32. The number of aromatic nitrogens is 3. The molecule has 0 saturated heterocycles. The molecule has 0 fully saturated rings. The van der Waals surface area contributed by atoms with Crippen LogP contribution in [0.2, 0.25) is 0 Å². The summed E-state index contributed by atoms with van der Waals surface area (Å²) in [6.45, 7) is 3.02. The van der Waals surface area contributed by atoms with Gasteiger partial charge in [0.05, 0.1) is 11.1 Å². The highest BCUT2D eigenvalue weighted by molar-refractivity contribution is 5.71. The lowest BCUT2D eigenvalue weighted by Gasteiger charge is -2.24. The van der Waals surface area contributed by atoms with Crippen LogP contribution in [0.1, 0.15) is 28.3 Å². The standard InChI is InChI=1S/C44H38N3/c1-32-28-36(33-16-4-3-5-17-33)31-46(30-35-19-7-9-21-38(35)41-24-12-14-26-45(41)2)44(32)40-23-11-10-22-39(40)43-29-34-18-6-8-20-37(34)42-25-13-15-27-47(42)43/h3-28,31,43H,29-30H2,1-2H3/q+3. The van der Waals surface area contributed by atoms with Crippen molar-refractivity contribution in [2.75, 3.05) is 0 Å². The zero-order valence-corrected chi connectivity index (χ0v) is 26.9. The fourth-order valence-electron chi connectivity index (χ4n) is 7.45. The number of fused-ring (bicyclic) bond motifs is 3. The van der Waals surface area contributed by atoms with Gasteiger partial charge in [0.1, 0.15) is 7.05 Å². The normalized spacial score (nSPS) is 13.5. The molecule has 8 rings (SSSR count). The van der Waals surface area contributed by atoms with Crippen LogP contribution >= 0.6 is 0 Å². The van der Waals surface area contributed by atoms with Crippen LogP contribution in [-0.4, -0.2) is 0 Å². The molecule has 1 aliphatic heterocycles. The molecule has 0 bridgehead atoms. The number of pyridine rings is 3. The van der Waals surface area contributed by atoms with Crippen molar-refractivity contribution in [3.63, 3.8) is 0 Å². The van der Waals surface area contributed by atoms with E-state index >= 15 is 0 Å². The molecule has 7 aromatic rings. The van der Waals surface area contributed by atoms with Gasteiger partial charge in [0.15, 0.2) is 31.2 Å². The third-order valence-electron chi connectivity index (χ3n) is 9.63. The zero-order chi connectivity index (χ0) is 31.7. The van der Waals surface area contributed by atoms with E-state index < -0.39 is 0 Å². The lowest BCUT2D eigenvalue weighted by molar-refractivity contribution is -0.705. The number of aryl methyl sites for hydroxylation is 2. The van der Waals surface area contributed by atoms with Crippen LogP contribution in [-0.2, 0) is 20.0 Å². The molecular weight excluding hydrogens is 571 g/mol. The first kappa shape index (κ1) is 28.8. The van der Waals surface area contributed by atoms with E-state index in [0.717, 1.165) is 13.0 Å². The van der Waals surface area contributed by atoms with Crippen LogP contribution < -0.4 is 13.7 Å². The number of hydrogen-bond acceptors (Lipinski definition) is 0. The second kappa shape index (κ2) is 12.3. The van der Waals surface area contributed by atoms with Gasteiger partial charge in [-0.05, 0) is 54.4 Å². The summed E-state index contributed by atoms with van der Waals surface area (Å²) < 4.78 is 7.18. The Kier molecular flexibility index (Phi) is 7.51. The number of hydrogen-bond donors (Lipinski definition) is 0. The summed E-state index contributed by atoms with van der Waals surface area (Å²) in [5.74, 6) is 0. The minimum Gasteiger partial charge on any atom is -0.201 e. The molecule has 0 saturated carbocycles. The van der Waals surface area contributed by atoms with E-state index in [2.05, 4.69) is 192 Å². The third-order valence-corrected chi connectivity index (χ3v) is 9.63. The predicted octanol–water partition coefficient (Wildman–Crippen LogP) is 8.26. The summed E-state index contributed by atoms with van der Waals surface area (Å²) >= 11 is 0. The number of rotatable bonds is 6. The summed E-state index contributed by atoms with van der Waals surface area (Å²) in [7, 11) is 2.12. The molecule has 1 unspecified atom stereocenters. The molecule has 3 nitrogen and oxygen atoms in total. The van der Waals surface area contributed by atoms with Gasteiger partial charge in [0, 0.05) is 58.5 Å². The first-order valence-corrected chi connectivity index (χ1v) is 16.5. The minimum atomic E-state index is 0.176. The van der Waals surface area contributed by atoms with Crippen molar-refractivity contribution < 1.29 is 13.7 Å². The van der Waals surface area contributed by atoms with E-state index in [1.54, 1.807) is 0 Å². The maximum atomic E-state index is 2.49. The average molecular weight is 609 g/mol. The van der Waals surface area contributed by atoms with Gasteiger partial charge in [-0.2, -0.15) is 9.13 Å². The summed E-state index contributed by atoms with van der Waals surface area (Å²) in [4.78, 5) is 0. The quantitative estimate of drug-likeness (QED) is 0.169. The fraction of sp³-hybridized carbons (Fsp3) is 0.114. The Morgan fingerprint density at radius 1 is 0.596 bits per heavy atom. The molecule has 4 aromatic carbocycles. The Hall–Kier alpha value is -5.67. The van der Waals surface area contributed by atoms with Crippen LogP contribution in [0.25, 0.3) is 44.9 Å². The highest BCUT2D eigenvalue weighted by Gasteiger charge is 2.35. The van der Waals surface area contributed by atoms with E-state index in [9.17, 15) is 0 Å². The number of nitrogens with zero attached hydrogens (tertiary/aromatic N) is 3. The molecule has 0 radical (unpaired) electrons. The van der Waals surface area contributed by atoms with E-state index in [1.807, 2.05) is 0 Å². The van der Waals surface area contributed by atoms with Gasteiger partial charge in [-0.15, -0.1) is 0 Å². The van der Waals surface area contributed by atoms with E-state index in [-0.39, 0.29) is 6.04 Å². The maximum absolute atomic E-state index is 2.49. The minimum absolute atomic E-state index is 0.176. The lowest BCUT2D eigenvalue weighted by atomic mass is 9.86. The van der Waals surface area contributed by atoms with Crippen molar-refractivity contribution in [2.45, 2.75) is 25.9 Å². The van der Waals surface area contributed by atoms with Gasteiger partial charge in [0.2, 0.25) is 17.1 Å². The average Bonchev–Trinajstić information content (AvgIpc) is 3.12. The summed E-state index contributed by atoms with van der Waals surface area (Å²) in [5, 5.41) is 0. The first-order chi connectivity index (χ1) is 23.2. The lowest BCUT2D eigenvalue weighted by Crippen LogP contribution is -2.46. The highest BCUT2D eigenvalue weighted by atomic mass is 15.0. The molecule has 0 amide bonds. The predicted molar refractivity (Wildman–Crippen MR) is 188 cm³/mol. The Labute approximate surface area is 277 Å². The second-order valence-electron chi connectivity index (χ2n) is 12.6. The van der Waals surface area contributed by atoms with Gasteiger partial charge in [0.25, 0.3) is 0 Å². The molecule has 1 aliphatic rings. The Bertz CT molecular complexity index is 2230. The van der Waals surface area contributed by atoms with Crippen LogP contribution in [0.5, 0.6) is 0 Å². The van der Waals surface area contributed by atoms with Crippen molar-refractivity contribution in [3.05, 3.63) is 186 Å². The molecule has 1 atom stereocenters. The van der Waals surface area contributed by atoms with Gasteiger partial charge >= 0.3 is 0 Å². The molecule has 3 heteroatoms.